The van der Waals surface area contributed by atoms with Crippen molar-refractivity contribution in [1.29, 1.82) is 0 Å². The van der Waals surface area contributed by atoms with Gasteiger partial charge in [0.1, 0.15) is 11.5 Å². The average Bonchev–Trinajstić information content (AvgIpc) is 2.91. The van der Waals surface area contributed by atoms with E-state index in [0.717, 1.165) is 18.9 Å². The maximum Gasteiger partial charge on any atom is 0.410 e. The van der Waals surface area contributed by atoms with Crippen molar-refractivity contribution < 1.29 is 23.6 Å². The quantitative estimate of drug-likeness (QED) is 0.744. The summed E-state index contributed by atoms with van der Waals surface area (Å²) in [6.07, 6.45) is -0.256. The molecule has 1 aromatic rings. The Morgan fingerprint density at radius 2 is 1.85 bits per heavy atom. The maximum absolute atomic E-state index is 12.1. The number of nitrogens with zero attached hydrogens (tertiary/aromatic N) is 3. The summed E-state index contributed by atoms with van der Waals surface area (Å²) in [5, 5.41) is 4.12. The summed E-state index contributed by atoms with van der Waals surface area (Å²) in [7, 11) is 1.38. The molecule has 1 spiro atoms. The van der Waals surface area contributed by atoms with Crippen LogP contribution in [0.25, 0.3) is 0 Å². The predicted octanol–water partition coefficient (Wildman–Crippen LogP) is 2.64. The van der Waals surface area contributed by atoms with Crippen LogP contribution in [0.3, 0.4) is 0 Å². The van der Waals surface area contributed by atoms with Gasteiger partial charge >= 0.3 is 12.1 Å². The van der Waals surface area contributed by atoms with Crippen LogP contribution in [0.2, 0.25) is 0 Å². The van der Waals surface area contributed by atoms with Crippen molar-refractivity contribution in [2.45, 2.75) is 46.1 Å². The number of carbonyl (C=O) groups is 2. The number of amides is 1. The summed E-state index contributed by atoms with van der Waals surface area (Å²) in [4.78, 5) is 27.9. The van der Waals surface area contributed by atoms with Gasteiger partial charge in [-0.15, -0.1) is 0 Å². The highest BCUT2D eigenvalue weighted by Gasteiger charge is 2.54. The Morgan fingerprint density at radius 1 is 1.22 bits per heavy atom. The van der Waals surface area contributed by atoms with Gasteiger partial charge in [0.05, 0.1) is 7.11 Å². The molecule has 2 saturated heterocycles. The lowest BCUT2D eigenvalue weighted by molar-refractivity contribution is -0.144. The van der Waals surface area contributed by atoms with Gasteiger partial charge in [-0.3, -0.25) is 4.79 Å². The molecule has 0 saturated carbocycles. The van der Waals surface area contributed by atoms with E-state index in [1.807, 2.05) is 40.7 Å². The van der Waals surface area contributed by atoms with Crippen LogP contribution in [0.5, 0.6) is 0 Å². The fourth-order valence-corrected chi connectivity index (χ4v) is 3.76. The fourth-order valence-electron chi connectivity index (χ4n) is 3.76. The molecular formula is C19H29N3O5. The van der Waals surface area contributed by atoms with Crippen molar-refractivity contribution in [3.05, 3.63) is 11.8 Å². The number of rotatable bonds is 4. The Balaban J connectivity index is 1.55. The van der Waals surface area contributed by atoms with Gasteiger partial charge < -0.3 is 23.8 Å². The van der Waals surface area contributed by atoms with Crippen molar-refractivity contribution in [2.75, 3.05) is 38.2 Å². The zero-order valence-corrected chi connectivity index (χ0v) is 16.9. The van der Waals surface area contributed by atoms with E-state index in [4.69, 9.17) is 14.0 Å². The maximum atomic E-state index is 12.1. The molecule has 8 heteroatoms. The Hall–Kier alpha value is -2.25. The van der Waals surface area contributed by atoms with Gasteiger partial charge in [0.15, 0.2) is 11.6 Å². The minimum Gasteiger partial charge on any atom is -0.468 e. The topological polar surface area (TPSA) is 85.1 Å². The number of carbonyl (C=O) groups excluding carboxylic acids is 2. The molecule has 0 aliphatic carbocycles. The molecule has 27 heavy (non-hydrogen) atoms. The number of hydrogen-bond acceptors (Lipinski definition) is 7. The summed E-state index contributed by atoms with van der Waals surface area (Å²) in [5.74, 6) is 0.519. The molecular weight excluding hydrogens is 350 g/mol. The van der Waals surface area contributed by atoms with Crippen LogP contribution >= 0.6 is 0 Å². The second-order valence-electron chi connectivity index (χ2n) is 9.02. The lowest BCUT2D eigenvalue weighted by atomic mass is 9.73. The van der Waals surface area contributed by atoms with Gasteiger partial charge in [-0.1, -0.05) is 19.0 Å². The molecule has 2 aliphatic heterocycles. The van der Waals surface area contributed by atoms with E-state index in [2.05, 4.69) is 10.1 Å². The van der Waals surface area contributed by atoms with Gasteiger partial charge in [0.2, 0.25) is 0 Å². The third kappa shape index (κ3) is 3.89. The molecule has 1 unspecified atom stereocenters. The Bertz CT molecular complexity index is 707. The number of methoxy groups -OCH3 is 1. The molecule has 3 heterocycles. The Morgan fingerprint density at radius 3 is 2.37 bits per heavy atom. The molecule has 2 fully saturated rings. The van der Waals surface area contributed by atoms with Gasteiger partial charge in [-0.2, -0.15) is 0 Å². The molecule has 0 radical (unpaired) electrons. The Labute approximate surface area is 159 Å². The van der Waals surface area contributed by atoms with Crippen LogP contribution in [-0.4, -0.2) is 61.0 Å². The summed E-state index contributed by atoms with van der Waals surface area (Å²) >= 11 is 0. The van der Waals surface area contributed by atoms with E-state index in [-0.39, 0.29) is 23.4 Å². The van der Waals surface area contributed by atoms with E-state index in [0.29, 0.717) is 18.8 Å². The van der Waals surface area contributed by atoms with E-state index in [1.54, 1.807) is 4.90 Å². The largest absolute Gasteiger partial charge is 0.468 e. The summed E-state index contributed by atoms with van der Waals surface area (Å²) in [5.41, 5.74) is -0.370. The fraction of sp³-hybridized carbons (Fsp3) is 0.737. The van der Waals surface area contributed by atoms with Crippen molar-refractivity contribution in [3.8, 4) is 0 Å². The van der Waals surface area contributed by atoms with Crippen molar-refractivity contribution in [2.24, 2.45) is 11.3 Å². The number of hydrogen-bond donors (Lipinski definition) is 0. The van der Waals surface area contributed by atoms with E-state index in [1.165, 1.54) is 7.11 Å². The highest BCUT2D eigenvalue weighted by Crippen LogP contribution is 2.42. The molecule has 150 valence electrons. The van der Waals surface area contributed by atoms with Crippen molar-refractivity contribution >= 4 is 17.9 Å². The number of esters is 1. The second kappa shape index (κ2) is 6.73. The zero-order valence-electron chi connectivity index (χ0n) is 16.9. The third-order valence-corrected chi connectivity index (χ3v) is 5.03. The first-order valence-electron chi connectivity index (χ1n) is 9.31. The highest BCUT2D eigenvalue weighted by atomic mass is 16.6. The molecule has 8 nitrogen and oxygen atoms in total. The summed E-state index contributed by atoms with van der Waals surface area (Å²) < 4.78 is 15.7. The van der Waals surface area contributed by atoms with Crippen LogP contribution in [-0.2, 0) is 14.3 Å². The highest BCUT2D eigenvalue weighted by molar-refractivity contribution is 5.77. The normalized spacial score (nSPS) is 19.5. The zero-order chi connectivity index (χ0) is 20.0. The molecule has 0 aromatic carbocycles. The first kappa shape index (κ1) is 19.5. The Kier molecular flexibility index (Phi) is 4.86. The van der Waals surface area contributed by atoms with Gasteiger partial charge in [0.25, 0.3) is 0 Å². The number of anilines is 1. The average molecular weight is 379 g/mol. The SMILES string of the molecule is COC(=O)C(c1cc(N2CC3(CN(C(=O)OC(C)(C)C)C3)C2)no1)C(C)C. The minimum absolute atomic E-state index is 0.0509. The summed E-state index contributed by atoms with van der Waals surface area (Å²) in [6.45, 7) is 12.5. The first-order valence-corrected chi connectivity index (χ1v) is 9.31. The standard InChI is InChI=1S/C19H29N3O5/c1-12(2)15(16(23)25-6)13-7-14(20-27-13)21-8-19(9-21)10-22(11-19)17(24)26-18(3,4)5/h7,12,15H,8-11H2,1-6H3. The van der Waals surface area contributed by atoms with E-state index in [9.17, 15) is 9.59 Å². The van der Waals surface area contributed by atoms with Crippen LogP contribution in [0.1, 0.15) is 46.3 Å². The molecule has 3 rings (SSSR count). The molecule has 1 aromatic heterocycles. The van der Waals surface area contributed by atoms with E-state index < -0.39 is 11.5 Å². The van der Waals surface area contributed by atoms with E-state index >= 15 is 0 Å². The van der Waals surface area contributed by atoms with Crippen molar-refractivity contribution in [3.63, 3.8) is 0 Å². The van der Waals surface area contributed by atoms with Crippen LogP contribution in [0.15, 0.2) is 10.6 Å². The van der Waals surface area contributed by atoms with Crippen LogP contribution < -0.4 is 4.90 Å². The first-order chi connectivity index (χ1) is 12.5. The summed E-state index contributed by atoms with van der Waals surface area (Å²) in [6, 6.07) is 1.82. The molecule has 1 amide bonds. The number of ether oxygens (including phenoxy) is 2. The number of likely N-dealkylation sites (tertiary alicyclic amines) is 1. The predicted molar refractivity (Wildman–Crippen MR) is 98.6 cm³/mol. The molecule has 1 atom stereocenters. The third-order valence-electron chi connectivity index (χ3n) is 5.03. The molecule has 0 N–H and O–H groups in total. The minimum atomic E-state index is -0.477. The smallest absolute Gasteiger partial charge is 0.410 e. The molecule has 0 bridgehead atoms. The lowest BCUT2D eigenvalue weighted by Crippen LogP contribution is -2.73. The number of aromatic nitrogens is 1. The van der Waals surface area contributed by atoms with Crippen LogP contribution in [0, 0.1) is 11.3 Å². The monoisotopic (exact) mass is 379 g/mol. The van der Waals surface area contributed by atoms with Crippen LogP contribution in [0.4, 0.5) is 10.6 Å². The van der Waals surface area contributed by atoms with Crippen molar-refractivity contribution in [1.82, 2.24) is 10.1 Å². The second-order valence-corrected chi connectivity index (χ2v) is 9.02. The van der Waals surface area contributed by atoms with Gasteiger partial charge in [0, 0.05) is 37.7 Å². The van der Waals surface area contributed by atoms with Gasteiger partial charge in [-0.05, 0) is 26.7 Å². The van der Waals surface area contributed by atoms with Gasteiger partial charge in [-0.25, -0.2) is 4.79 Å². The lowest BCUT2D eigenvalue weighted by Gasteiger charge is -2.59. The molecule has 2 aliphatic rings.